The molecule has 2 rings (SSSR count). The van der Waals surface area contributed by atoms with Gasteiger partial charge in [-0.1, -0.05) is 0 Å². The third kappa shape index (κ3) is 1.72. The fraction of sp³-hybridized carbons (Fsp3) is 0.0909. The van der Waals surface area contributed by atoms with Gasteiger partial charge in [0.2, 0.25) is 0 Å². The van der Waals surface area contributed by atoms with Crippen molar-refractivity contribution in [3.8, 4) is 0 Å². The minimum atomic E-state index is 0.799. The van der Waals surface area contributed by atoms with Gasteiger partial charge in [-0.3, -0.25) is 0 Å². The molecule has 0 aliphatic heterocycles. The van der Waals surface area contributed by atoms with E-state index >= 15 is 0 Å². The summed E-state index contributed by atoms with van der Waals surface area (Å²) in [5.74, 6) is 0. The molecular weight excluding hydrogens is 192 g/mol. The van der Waals surface area contributed by atoms with Crippen molar-refractivity contribution in [2.75, 3.05) is 17.7 Å². The van der Waals surface area contributed by atoms with Crippen LogP contribution in [0, 0.1) is 0 Å². The van der Waals surface area contributed by atoms with Crippen molar-refractivity contribution in [1.29, 1.82) is 0 Å². The molecule has 0 bridgehead atoms. The lowest BCUT2D eigenvalue weighted by molar-refractivity contribution is 1.24. The molecule has 0 radical (unpaired) electrons. The molecule has 2 nitrogen and oxygen atoms in total. The van der Waals surface area contributed by atoms with Crippen LogP contribution in [-0.4, -0.2) is 7.05 Å². The summed E-state index contributed by atoms with van der Waals surface area (Å²) in [6.45, 7) is 0. The maximum atomic E-state index is 5.63. The predicted molar refractivity (Wildman–Crippen MR) is 63.2 cm³/mol. The number of hydrogen-bond donors (Lipinski definition) is 1. The van der Waals surface area contributed by atoms with Crippen LogP contribution in [-0.2, 0) is 0 Å². The van der Waals surface area contributed by atoms with E-state index in [1.807, 2.05) is 30.3 Å². The van der Waals surface area contributed by atoms with Crippen LogP contribution in [0.5, 0.6) is 0 Å². The fourth-order valence-corrected chi connectivity index (χ4v) is 2.00. The second kappa shape index (κ2) is 3.72. The molecule has 0 spiro atoms. The number of nitrogens with two attached hydrogens (primary N) is 1. The Morgan fingerprint density at radius 1 is 1.14 bits per heavy atom. The molecular formula is C11H12N2S. The molecule has 0 saturated heterocycles. The number of nitrogen functional groups attached to an aromatic ring is 1. The van der Waals surface area contributed by atoms with Gasteiger partial charge in [0.25, 0.3) is 0 Å². The first-order valence-electron chi connectivity index (χ1n) is 4.40. The largest absolute Gasteiger partial charge is 0.399 e. The Bertz CT molecular complexity index is 392. The zero-order valence-electron chi connectivity index (χ0n) is 7.97. The number of rotatable bonds is 2. The van der Waals surface area contributed by atoms with Crippen molar-refractivity contribution in [3.05, 3.63) is 41.8 Å². The smallest absolute Gasteiger partial charge is 0.0950 e. The number of thiophene rings is 1. The van der Waals surface area contributed by atoms with E-state index in [1.54, 1.807) is 11.3 Å². The summed E-state index contributed by atoms with van der Waals surface area (Å²) < 4.78 is 0. The molecule has 2 N–H and O–H groups in total. The molecule has 0 amide bonds. The average Bonchev–Trinajstić information content (AvgIpc) is 2.71. The average molecular weight is 204 g/mol. The summed E-state index contributed by atoms with van der Waals surface area (Å²) in [7, 11) is 2.05. The normalized spacial score (nSPS) is 10.1. The third-order valence-corrected chi connectivity index (χ3v) is 3.06. The molecule has 2 aromatic rings. The molecule has 0 atom stereocenters. The standard InChI is InChI=1S/C11H12N2S/c1-13(11-3-2-8-14-11)10-6-4-9(12)5-7-10/h2-8H,12H2,1H3. The van der Waals surface area contributed by atoms with Crippen LogP contribution < -0.4 is 10.6 Å². The van der Waals surface area contributed by atoms with Gasteiger partial charge in [-0.05, 0) is 41.8 Å². The van der Waals surface area contributed by atoms with E-state index in [-0.39, 0.29) is 0 Å². The lowest BCUT2D eigenvalue weighted by Gasteiger charge is -2.16. The first-order chi connectivity index (χ1) is 6.77. The second-order valence-corrected chi connectivity index (χ2v) is 4.03. The summed E-state index contributed by atoms with van der Waals surface area (Å²) in [6, 6.07) is 12.0. The van der Waals surface area contributed by atoms with Gasteiger partial charge in [-0.25, -0.2) is 0 Å². The summed E-state index contributed by atoms with van der Waals surface area (Å²) >= 11 is 1.72. The van der Waals surface area contributed by atoms with Crippen LogP contribution in [0.25, 0.3) is 0 Å². The van der Waals surface area contributed by atoms with Crippen molar-refractivity contribution < 1.29 is 0 Å². The number of benzene rings is 1. The van der Waals surface area contributed by atoms with Crippen molar-refractivity contribution in [2.45, 2.75) is 0 Å². The predicted octanol–water partition coefficient (Wildman–Crippen LogP) is 3.10. The van der Waals surface area contributed by atoms with Crippen LogP contribution in [0.15, 0.2) is 41.8 Å². The molecule has 0 fully saturated rings. The summed E-state index contributed by atoms with van der Waals surface area (Å²) in [5, 5.41) is 3.30. The van der Waals surface area contributed by atoms with Crippen LogP contribution in [0.1, 0.15) is 0 Å². The molecule has 3 heteroatoms. The Hall–Kier alpha value is -1.48. The van der Waals surface area contributed by atoms with E-state index in [9.17, 15) is 0 Å². The highest BCUT2D eigenvalue weighted by atomic mass is 32.1. The van der Waals surface area contributed by atoms with E-state index in [2.05, 4.69) is 23.4 Å². The molecule has 1 aromatic heterocycles. The SMILES string of the molecule is CN(c1ccc(N)cc1)c1cccs1. The maximum absolute atomic E-state index is 5.63. The molecule has 72 valence electrons. The second-order valence-electron chi connectivity index (χ2n) is 3.10. The van der Waals surface area contributed by atoms with Gasteiger partial charge in [0.15, 0.2) is 0 Å². The lowest BCUT2D eigenvalue weighted by atomic mass is 10.3. The van der Waals surface area contributed by atoms with E-state index in [1.165, 1.54) is 5.00 Å². The van der Waals surface area contributed by atoms with E-state index < -0.39 is 0 Å². The summed E-state index contributed by atoms with van der Waals surface area (Å²) in [5.41, 5.74) is 7.58. The first kappa shape index (κ1) is 9.09. The van der Waals surface area contributed by atoms with Gasteiger partial charge in [-0.15, -0.1) is 11.3 Å². The van der Waals surface area contributed by atoms with Gasteiger partial charge < -0.3 is 10.6 Å². The van der Waals surface area contributed by atoms with Gasteiger partial charge in [0.1, 0.15) is 0 Å². The van der Waals surface area contributed by atoms with Crippen molar-refractivity contribution >= 4 is 27.7 Å². The van der Waals surface area contributed by atoms with E-state index in [4.69, 9.17) is 5.73 Å². The Morgan fingerprint density at radius 3 is 2.43 bits per heavy atom. The van der Waals surface area contributed by atoms with Crippen molar-refractivity contribution in [3.63, 3.8) is 0 Å². The Morgan fingerprint density at radius 2 is 1.86 bits per heavy atom. The van der Waals surface area contributed by atoms with Gasteiger partial charge in [-0.2, -0.15) is 0 Å². The Labute approximate surface area is 87.6 Å². The molecule has 1 aromatic carbocycles. The van der Waals surface area contributed by atoms with Crippen LogP contribution in [0.2, 0.25) is 0 Å². The number of nitrogens with zero attached hydrogens (tertiary/aromatic N) is 1. The van der Waals surface area contributed by atoms with Crippen LogP contribution in [0.3, 0.4) is 0 Å². The molecule has 0 unspecified atom stereocenters. The van der Waals surface area contributed by atoms with Crippen molar-refractivity contribution in [1.82, 2.24) is 0 Å². The highest BCUT2D eigenvalue weighted by Gasteiger charge is 2.03. The maximum Gasteiger partial charge on any atom is 0.0950 e. The zero-order valence-corrected chi connectivity index (χ0v) is 8.79. The third-order valence-electron chi connectivity index (χ3n) is 2.12. The molecule has 0 aliphatic carbocycles. The van der Waals surface area contributed by atoms with Gasteiger partial charge in [0.05, 0.1) is 5.00 Å². The van der Waals surface area contributed by atoms with E-state index in [0.717, 1.165) is 11.4 Å². The number of anilines is 3. The first-order valence-corrected chi connectivity index (χ1v) is 5.28. The highest BCUT2D eigenvalue weighted by Crippen LogP contribution is 2.27. The van der Waals surface area contributed by atoms with Crippen LogP contribution in [0.4, 0.5) is 16.4 Å². The minimum Gasteiger partial charge on any atom is -0.399 e. The monoisotopic (exact) mass is 204 g/mol. The molecule has 0 saturated carbocycles. The Balaban J connectivity index is 2.28. The quantitative estimate of drug-likeness (QED) is 0.762. The van der Waals surface area contributed by atoms with Gasteiger partial charge in [0, 0.05) is 18.4 Å². The topological polar surface area (TPSA) is 29.3 Å². The minimum absolute atomic E-state index is 0.799. The number of hydrogen-bond acceptors (Lipinski definition) is 3. The summed E-state index contributed by atoms with van der Waals surface area (Å²) in [4.78, 5) is 2.14. The Kier molecular flexibility index (Phi) is 2.41. The van der Waals surface area contributed by atoms with Crippen molar-refractivity contribution in [2.24, 2.45) is 0 Å². The fourth-order valence-electron chi connectivity index (χ4n) is 1.29. The molecule has 14 heavy (non-hydrogen) atoms. The zero-order chi connectivity index (χ0) is 9.97. The highest BCUT2D eigenvalue weighted by molar-refractivity contribution is 7.14. The van der Waals surface area contributed by atoms with E-state index in [0.29, 0.717) is 0 Å². The lowest BCUT2D eigenvalue weighted by Crippen LogP contribution is -2.07. The summed E-state index contributed by atoms with van der Waals surface area (Å²) in [6.07, 6.45) is 0. The van der Waals surface area contributed by atoms with Gasteiger partial charge >= 0.3 is 0 Å². The molecule has 0 aliphatic rings. The molecule has 1 heterocycles. The van der Waals surface area contributed by atoms with Crippen LogP contribution >= 0.6 is 11.3 Å².